The van der Waals surface area contributed by atoms with Crippen molar-refractivity contribution in [1.29, 1.82) is 0 Å². The number of likely N-dealkylation sites (tertiary alicyclic amines) is 1. The number of hydrogen-bond donors (Lipinski definition) is 1. The molecule has 1 unspecified atom stereocenters. The van der Waals surface area contributed by atoms with Gasteiger partial charge in [-0.25, -0.2) is 0 Å². The first-order valence-corrected chi connectivity index (χ1v) is 7.94. The molecule has 2 fully saturated rings. The lowest BCUT2D eigenvalue weighted by Crippen LogP contribution is -2.41. The number of rotatable bonds is 5. The van der Waals surface area contributed by atoms with Crippen LogP contribution in [0.2, 0.25) is 0 Å². The summed E-state index contributed by atoms with van der Waals surface area (Å²) >= 11 is 0. The summed E-state index contributed by atoms with van der Waals surface area (Å²) in [4.78, 5) is 26.4. The van der Waals surface area contributed by atoms with E-state index in [9.17, 15) is 9.59 Å². The van der Waals surface area contributed by atoms with Crippen molar-refractivity contribution in [1.82, 2.24) is 4.90 Å². The maximum absolute atomic E-state index is 12.4. The fourth-order valence-corrected chi connectivity index (χ4v) is 3.12. The van der Waals surface area contributed by atoms with Crippen LogP contribution in [0.3, 0.4) is 0 Å². The standard InChI is InChI=1S/C17H22N2O4/c1-22-14-7-6-12(9-15(14)23-2)18-17(21)11-8-16(20)19(10-11)13-4-3-5-13/h6-7,9,11,13H,3-5,8,10H2,1-2H3,(H,18,21). The normalized spacial score (nSPS) is 21.0. The molecule has 1 heterocycles. The van der Waals surface area contributed by atoms with Crippen LogP contribution in [0.15, 0.2) is 18.2 Å². The van der Waals surface area contributed by atoms with Crippen LogP contribution < -0.4 is 14.8 Å². The van der Waals surface area contributed by atoms with Gasteiger partial charge in [-0.2, -0.15) is 0 Å². The quantitative estimate of drug-likeness (QED) is 0.902. The summed E-state index contributed by atoms with van der Waals surface area (Å²) < 4.78 is 10.4. The molecule has 0 bridgehead atoms. The van der Waals surface area contributed by atoms with E-state index in [1.807, 2.05) is 4.90 Å². The van der Waals surface area contributed by atoms with Gasteiger partial charge in [-0.05, 0) is 31.4 Å². The summed E-state index contributed by atoms with van der Waals surface area (Å²) in [5.41, 5.74) is 0.641. The lowest BCUT2D eigenvalue weighted by Gasteiger charge is -2.34. The number of benzene rings is 1. The van der Waals surface area contributed by atoms with Crippen LogP contribution in [-0.2, 0) is 9.59 Å². The van der Waals surface area contributed by atoms with Crippen LogP contribution in [0, 0.1) is 5.92 Å². The second-order valence-electron chi connectivity index (χ2n) is 6.09. The first kappa shape index (κ1) is 15.6. The Kier molecular flexibility index (Phi) is 4.41. The van der Waals surface area contributed by atoms with E-state index in [4.69, 9.17) is 9.47 Å². The molecule has 6 nitrogen and oxygen atoms in total. The second-order valence-corrected chi connectivity index (χ2v) is 6.09. The Hall–Kier alpha value is -2.24. The van der Waals surface area contributed by atoms with E-state index in [-0.39, 0.29) is 17.7 Å². The van der Waals surface area contributed by atoms with E-state index in [2.05, 4.69) is 5.32 Å². The Balaban J connectivity index is 1.64. The average molecular weight is 318 g/mol. The molecule has 2 amide bonds. The third-order valence-electron chi connectivity index (χ3n) is 4.70. The van der Waals surface area contributed by atoms with Gasteiger partial charge in [0.25, 0.3) is 0 Å². The number of ether oxygens (including phenoxy) is 2. The fraction of sp³-hybridized carbons (Fsp3) is 0.529. The molecule has 2 aliphatic rings. The largest absolute Gasteiger partial charge is 0.493 e. The Morgan fingerprint density at radius 1 is 1.22 bits per heavy atom. The highest BCUT2D eigenvalue weighted by Gasteiger charge is 2.39. The van der Waals surface area contributed by atoms with Crippen molar-refractivity contribution in [2.45, 2.75) is 31.7 Å². The molecule has 1 aliphatic carbocycles. The molecule has 23 heavy (non-hydrogen) atoms. The number of nitrogens with one attached hydrogen (secondary N) is 1. The summed E-state index contributed by atoms with van der Waals surface area (Å²) in [6.45, 7) is 0.530. The molecular formula is C17H22N2O4. The molecular weight excluding hydrogens is 296 g/mol. The van der Waals surface area contributed by atoms with Gasteiger partial charge in [-0.1, -0.05) is 0 Å². The zero-order valence-electron chi connectivity index (χ0n) is 13.5. The molecule has 1 N–H and O–H groups in total. The van der Waals surface area contributed by atoms with Crippen molar-refractivity contribution in [3.8, 4) is 11.5 Å². The molecule has 1 aromatic rings. The molecule has 124 valence electrons. The van der Waals surface area contributed by atoms with Gasteiger partial charge in [-0.15, -0.1) is 0 Å². The molecule has 1 saturated heterocycles. The Bertz CT molecular complexity index is 613. The van der Waals surface area contributed by atoms with Crippen LogP contribution >= 0.6 is 0 Å². The van der Waals surface area contributed by atoms with Gasteiger partial charge in [-0.3, -0.25) is 9.59 Å². The van der Waals surface area contributed by atoms with Gasteiger partial charge < -0.3 is 19.7 Å². The molecule has 1 saturated carbocycles. The van der Waals surface area contributed by atoms with Crippen LogP contribution in [0.1, 0.15) is 25.7 Å². The Morgan fingerprint density at radius 2 is 1.96 bits per heavy atom. The summed E-state index contributed by atoms with van der Waals surface area (Å²) in [6.07, 6.45) is 3.61. The predicted molar refractivity (Wildman–Crippen MR) is 85.6 cm³/mol. The predicted octanol–water partition coefficient (Wildman–Crippen LogP) is 2.04. The minimum absolute atomic E-state index is 0.0992. The first-order valence-electron chi connectivity index (χ1n) is 7.94. The van der Waals surface area contributed by atoms with Gasteiger partial charge >= 0.3 is 0 Å². The second kappa shape index (κ2) is 6.48. The Labute approximate surface area is 135 Å². The van der Waals surface area contributed by atoms with Crippen molar-refractivity contribution in [2.24, 2.45) is 5.92 Å². The monoisotopic (exact) mass is 318 g/mol. The minimum Gasteiger partial charge on any atom is -0.493 e. The van der Waals surface area contributed by atoms with E-state index < -0.39 is 0 Å². The van der Waals surface area contributed by atoms with E-state index in [1.54, 1.807) is 32.4 Å². The topological polar surface area (TPSA) is 67.9 Å². The highest BCUT2D eigenvalue weighted by Crippen LogP contribution is 2.32. The van der Waals surface area contributed by atoms with Crippen molar-refractivity contribution >= 4 is 17.5 Å². The van der Waals surface area contributed by atoms with E-state index >= 15 is 0 Å². The van der Waals surface area contributed by atoms with Gasteiger partial charge in [0.15, 0.2) is 11.5 Å². The van der Waals surface area contributed by atoms with Crippen molar-refractivity contribution in [3.63, 3.8) is 0 Å². The summed E-state index contributed by atoms with van der Waals surface area (Å²) in [7, 11) is 3.12. The number of hydrogen-bond acceptors (Lipinski definition) is 4. The number of nitrogens with zero attached hydrogens (tertiary/aromatic N) is 1. The maximum Gasteiger partial charge on any atom is 0.229 e. The lowest BCUT2D eigenvalue weighted by atomic mass is 9.92. The summed E-state index contributed by atoms with van der Waals surface area (Å²) in [5.74, 6) is 0.868. The van der Waals surface area contributed by atoms with Crippen LogP contribution in [0.25, 0.3) is 0 Å². The smallest absolute Gasteiger partial charge is 0.229 e. The number of amides is 2. The third-order valence-corrected chi connectivity index (χ3v) is 4.70. The van der Waals surface area contributed by atoms with E-state index in [0.29, 0.717) is 36.2 Å². The van der Waals surface area contributed by atoms with Gasteiger partial charge in [0.05, 0.1) is 20.1 Å². The number of anilines is 1. The molecule has 3 rings (SSSR count). The molecule has 1 aromatic carbocycles. The summed E-state index contributed by atoms with van der Waals surface area (Å²) in [5, 5.41) is 2.87. The lowest BCUT2D eigenvalue weighted by molar-refractivity contribution is -0.131. The minimum atomic E-state index is -0.281. The fourth-order valence-electron chi connectivity index (χ4n) is 3.12. The average Bonchev–Trinajstić information content (AvgIpc) is 2.87. The summed E-state index contributed by atoms with van der Waals surface area (Å²) in [6, 6.07) is 5.58. The molecule has 6 heteroatoms. The van der Waals surface area contributed by atoms with E-state index in [0.717, 1.165) is 12.8 Å². The van der Waals surface area contributed by atoms with Crippen molar-refractivity contribution in [2.75, 3.05) is 26.1 Å². The third kappa shape index (κ3) is 3.11. The Morgan fingerprint density at radius 3 is 2.57 bits per heavy atom. The van der Waals surface area contributed by atoms with E-state index in [1.165, 1.54) is 6.42 Å². The molecule has 0 spiro atoms. The van der Waals surface area contributed by atoms with Crippen LogP contribution in [-0.4, -0.2) is 43.5 Å². The molecule has 1 aliphatic heterocycles. The maximum atomic E-state index is 12.4. The first-order chi connectivity index (χ1) is 11.1. The molecule has 1 atom stereocenters. The van der Waals surface area contributed by atoms with Crippen LogP contribution in [0.5, 0.6) is 11.5 Å². The highest BCUT2D eigenvalue weighted by molar-refractivity contribution is 5.97. The zero-order chi connectivity index (χ0) is 16.4. The highest BCUT2D eigenvalue weighted by atomic mass is 16.5. The zero-order valence-corrected chi connectivity index (χ0v) is 13.5. The molecule has 0 aromatic heterocycles. The number of methoxy groups -OCH3 is 2. The number of carbonyl (C=O) groups excluding carboxylic acids is 2. The SMILES string of the molecule is COc1ccc(NC(=O)C2CC(=O)N(C3CCC3)C2)cc1OC. The van der Waals surface area contributed by atoms with Gasteiger partial charge in [0, 0.05) is 30.8 Å². The van der Waals surface area contributed by atoms with Crippen molar-refractivity contribution in [3.05, 3.63) is 18.2 Å². The van der Waals surface area contributed by atoms with Gasteiger partial charge in [0.1, 0.15) is 0 Å². The van der Waals surface area contributed by atoms with Gasteiger partial charge in [0.2, 0.25) is 11.8 Å². The molecule has 0 radical (unpaired) electrons. The van der Waals surface area contributed by atoms with Crippen LogP contribution in [0.4, 0.5) is 5.69 Å². The van der Waals surface area contributed by atoms with Crippen molar-refractivity contribution < 1.29 is 19.1 Å². The number of carbonyl (C=O) groups is 2.